The van der Waals surface area contributed by atoms with Crippen LogP contribution in [0.1, 0.15) is 37.0 Å². The first-order valence-corrected chi connectivity index (χ1v) is 6.07. The second-order valence-electron chi connectivity index (χ2n) is 4.45. The summed E-state index contributed by atoms with van der Waals surface area (Å²) >= 11 is 0. The molecule has 0 aromatic heterocycles. The van der Waals surface area contributed by atoms with Crippen LogP contribution in [0.3, 0.4) is 0 Å². The Labute approximate surface area is 110 Å². The number of rotatable bonds is 5. The molecule has 1 aromatic carbocycles. The van der Waals surface area contributed by atoms with Gasteiger partial charge in [0.05, 0.1) is 17.7 Å². The highest BCUT2D eigenvalue weighted by atomic mass is 19.2. The molecule has 0 unspecified atom stereocenters. The number of anilines is 1. The first kappa shape index (κ1) is 15.4. The Morgan fingerprint density at radius 1 is 1.32 bits per heavy atom. The predicted molar refractivity (Wildman–Crippen MR) is 68.6 cm³/mol. The van der Waals surface area contributed by atoms with Crippen LogP contribution in [-0.4, -0.2) is 23.2 Å². The fraction of sp³-hybridized carbons (Fsp3) is 0.462. The zero-order chi connectivity index (χ0) is 14.6. The number of benzene rings is 1. The Morgan fingerprint density at radius 3 is 2.32 bits per heavy atom. The van der Waals surface area contributed by atoms with Crippen molar-refractivity contribution in [3.05, 3.63) is 29.3 Å². The molecule has 6 heteroatoms. The molecule has 0 aliphatic heterocycles. The molecule has 1 aromatic rings. The minimum atomic E-state index is -1.14. The van der Waals surface area contributed by atoms with E-state index in [1.165, 1.54) is 0 Å². The van der Waals surface area contributed by atoms with Gasteiger partial charge < -0.3 is 16.2 Å². The molecule has 0 saturated carbocycles. The first-order chi connectivity index (χ1) is 8.89. The number of hydrogen-bond acceptors (Lipinski definition) is 3. The maximum atomic E-state index is 13.1. The van der Waals surface area contributed by atoms with E-state index in [1.54, 1.807) is 0 Å². The number of nitrogens with one attached hydrogen (secondary N) is 1. The lowest BCUT2D eigenvalue weighted by Crippen LogP contribution is -2.50. The number of nitrogen functional groups attached to an aromatic ring is 1. The zero-order valence-electron chi connectivity index (χ0n) is 11.0. The third-order valence-corrected chi connectivity index (χ3v) is 3.37. The highest BCUT2D eigenvalue weighted by molar-refractivity contribution is 5.99. The van der Waals surface area contributed by atoms with Gasteiger partial charge >= 0.3 is 0 Å². The zero-order valence-corrected chi connectivity index (χ0v) is 11.0. The Bertz CT molecular complexity index is 466. The lowest BCUT2D eigenvalue weighted by atomic mass is 9.93. The molecule has 19 heavy (non-hydrogen) atoms. The van der Waals surface area contributed by atoms with E-state index < -0.39 is 23.1 Å². The maximum Gasteiger partial charge on any atom is 0.253 e. The summed E-state index contributed by atoms with van der Waals surface area (Å²) in [6.07, 6.45) is 1.02. The third-order valence-electron chi connectivity index (χ3n) is 3.37. The van der Waals surface area contributed by atoms with Crippen LogP contribution in [0.5, 0.6) is 0 Å². The van der Waals surface area contributed by atoms with Gasteiger partial charge in [0.2, 0.25) is 0 Å². The molecule has 0 fully saturated rings. The Hall–Kier alpha value is -1.69. The minimum Gasteiger partial charge on any atom is -0.398 e. The summed E-state index contributed by atoms with van der Waals surface area (Å²) in [5, 5.41) is 12.0. The molecule has 106 valence electrons. The molecule has 0 aliphatic rings. The third kappa shape index (κ3) is 3.20. The second kappa shape index (κ2) is 5.97. The Morgan fingerprint density at radius 2 is 1.84 bits per heavy atom. The quantitative estimate of drug-likeness (QED) is 0.716. The number of nitrogens with two attached hydrogens (primary N) is 1. The van der Waals surface area contributed by atoms with Crippen LogP contribution < -0.4 is 11.1 Å². The van der Waals surface area contributed by atoms with Crippen LogP contribution in [0.2, 0.25) is 0 Å². The van der Waals surface area contributed by atoms with Crippen molar-refractivity contribution in [2.75, 3.05) is 12.3 Å². The number of carbonyl (C=O) groups excluding carboxylic acids is 1. The maximum absolute atomic E-state index is 13.1. The van der Waals surface area contributed by atoms with Crippen LogP contribution in [0, 0.1) is 11.6 Å². The normalized spacial score (nSPS) is 11.4. The van der Waals surface area contributed by atoms with Crippen LogP contribution >= 0.6 is 0 Å². The molecule has 1 rings (SSSR count). The lowest BCUT2D eigenvalue weighted by molar-refractivity contribution is 0.0818. The van der Waals surface area contributed by atoms with E-state index >= 15 is 0 Å². The van der Waals surface area contributed by atoms with Crippen LogP contribution in [0.4, 0.5) is 14.5 Å². The molecule has 0 atom stereocenters. The lowest BCUT2D eigenvalue weighted by Gasteiger charge is -2.30. The van der Waals surface area contributed by atoms with E-state index in [2.05, 4.69) is 5.32 Å². The smallest absolute Gasteiger partial charge is 0.253 e. The molecule has 1 amide bonds. The molecule has 0 spiro atoms. The topological polar surface area (TPSA) is 75.3 Å². The molecule has 0 heterocycles. The van der Waals surface area contributed by atoms with E-state index in [0.29, 0.717) is 12.8 Å². The van der Waals surface area contributed by atoms with Gasteiger partial charge in [-0.1, -0.05) is 13.8 Å². The van der Waals surface area contributed by atoms with Gasteiger partial charge in [-0.2, -0.15) is 0 Å². The van der Waals surface area contributed by atoms with Crippen molar-refractivity contribution in [1.82, 2.24) is 5.32 Å². The van der Waals surface area contributed by atoms with Crippen molar-refractivity contribution in [2.24, 2.45) is 0 Å². The Balaban J connectivity index is 3.04. The van der Waals surface area contributed by atoms with Crippen LogP contribution in [-0.2, 0) is 0 Å². The summed E-state index contributed by atoms with van der Waals surface area (Å²) in [6.45, 7) is 3.39. The van der Waals surface area contributed by atoms with E-state index in [4.69, 9.17) is 5.73 Å². The predicted octanol–water partition coefficient (Wildman–Crippen LogP) is 1.83. The fourth-order valence-electron chi connectivity index (χ4n) is 1.76. The highest BCUT2D eigenvalue weighted by Gasteiger charge is 2.28. The average Bonchev–Trinajstić information content (AvgIpc) is 2.40. The number of amides is 1. The number of halogens is 2. The fourth-order valence-corrected chi connectivity index (χ4v) is 1.76. The monoisotopic (exact) mass is 272 g/mol. The van der Waals surface area contributed by atoms with E-state index in [1.807, 2.05) is 13.8 Å². The SMILES string of the molecule is CCC(CC)(CO)NC(=O)c1cc(F)c(F)cc1N. The number of carbonyl (C=O) groups is 1. The van der Waals surface area contributed by atoms with Crippen molar-refractivity contribution in [1.29, 1.82) is 0 Å². The van der Waals surface area contributed by atoms with Gasteiger partial charge in [-0.15, -0.1) is 0 Å². The molecular weight excluding hydrogens is 254 g/mol. The van der Waals surface area contributed by atoms with Gasteiger partial charge in [0.1, 0.15) is 0 Å². The van der Waals surface area contributed by atoms with Gasteiger partial charge in [-0.25, -0.2) is 8.78 Å². The number of aliphatic hydroxyl groups is 1. The van der Waals surface area contributed by atoms with Crippen LogP contribution in [0.25, 0.3) is 0 Å². The summed E-state index contributed by atoms with van der Waals surface area (Å²) < 4.78 is 26.1. The van der Waals surface area contributed by atoms with Gasteiger partial charge in [0.25, 0.3) is 5.91 Å². The van der Waals surface area contributed by atoms with Gasteiger partial charge in [-0.3, -0.25) is 4.79 Å². The summed E-state index contributed by atoms with van der Waals surface area (Å²) in [7, 11) is 0. The minimum absolute atomic E-state index is 0.140. The molecular formula is C13H18F2N2O2. The van der Waals surface area contributed by atoms with Crippen molar-refractivity contribution in [3.8, 4) is 0 Å². The molecule has 0 aliphatic carbocycles. The summed E-state index contributed by atoms with van der Waals surface area (Å²) in [6, 6.07) is 1.52. The number of hydrogen-bond donors (Lipinski definition) is 3. The van der Waals surface area contributed by atoms with Crippen molar-refractivity contribution < 1.29 is 18.7 Å². The number of aliphatic hydroxyl groups excluding tert-OH is 1. The van der Waals surface area contributed by atoms with Crippen molar-refractivity contribution in [2.45, 2.75) is 32.2 Å². The van der Waals surface area contributed by atoms with E-state index in [0.717, 1.165) is 12.1 Å². The molecule has 4 N–H and O–H groups in total. The van der Waals surface area contributed by atoms with Crippen molar-refractivity contribution in [3.63, 3.8) is 0 Å². The van der Waals surface area contributed by atoms with Crippen LogP contribution in [0.15, 0.2) is 12.1 Å². The van der Waals surface area contributed by atoms with Gasteiger partial charge in [0.15, 0.2) is 11.6 Å². The molecule has 4 nitrogen and oxygen atoms in total. The molecule has 0 radical (unpaired) electrons. The second-order valence-corrected chi connectivity index (χ2v) is 4.45. The average molecular weight is 272 g/mol. The summed E-state index contributed by atoms with van der Waals surface area (Å²) in [5.74, 6) is -2.87. The Kier molecular flexibility index (Phi) is 4.83. The van der Waals surface area contributed by atoms with Crippen molar-refractivity contribution >= 4 is 11.6 Å². The van der Waals surface area contributed by atoms with Gasteiger partial charge in [-0.05, 0) is 18.9 Å². The van der Waals surface area contributed by atoms with Gasteiger partial charge in [0, 0.05) is 11.8 Å². The highest BCUT2D eigenvalue weighted by Crippen LogP contribution is 2.20. The summed E-state index contributed by atoms with van der Waals surface area (Å²) in [4.78, 5) is 12.0. The van der Waals surface area contributed by atoms with E-state index in [9.17, 15) is 18.7 Å². The first-order valence-electron chi connectivity index (χ1n) is 6.07. The molecule has 0 saturated heterocycles. The van der Waals surface area contributed by atoms with E-state index in [-0.39, 0.29) is 17.9 Å². The largest absolute Gasteiger partial charge is 0.398 e. The molecule has 0 bridgehead atoms. The summed E-state index contributed by atoms with van der Waals surface area (Å²) in [5.41, 5.74) is 4.44. The standard InChI is InChI=1S/C13H18F2N2O2/c1-3-13(4-2,7-18)17-12(19)8-5-9(14)10(15)6-11(8)16/h5-6,18H,3-4,7,16H2,1-2H3,(H,17,19).